The van der Waals surface area contributed by atoms with E-state index in [0.29, 0.717) is 18.3 Å². The van der Waals surface area contributed by atoms with E-state index < -0.39 is 6.10 Å². The molecule has 1 aromatic carbocycles. The van der Waals surface area contributed by atoms with Crippen molar-refractivity contribution in [3.05, 3.63) is 29.8 Å². The van der Waals surface area contributed by atoms with Crippen LogP contribution in [0.1, 0.15) is 19.4 Å². The van der Waals surface area contributed by atoms with Crippen LogP contribution in [0.4, 0.5) is 0 Å². The maximum Gasteiger partial charge on any atom is 0.221 e. The molecule has 0 heterocycles. The summed E-state index contributed by atoms with van der Waals surface area (Å²) in [6.45, 7) is 4.72. The molecular weight excluding hydrogens is 244 g/mol. The maximum atomic E-state index is 10.8. The molecule has 19 heavy (non-hydrogen) atoms. The van der Waals surface area contributed by atoms with E-state index in [2.05, 4.69) is 5.32 Å². The third kappa shape index (κ3) is 6.79. The van der Waals surface area contributed by atoms with Crippen molar-refractivity contribution in [2.75, 3.05) is 13.2 Å². The van der Waals surface area contributed by atoms with Crippen molar-refractivity contribution in [3.63, 3.8) is 0 Å². The van der Waals surface area contributed by atoms with E-state index in [4.69, 9.17) is 10.5 Å². The Kier molecular flexibility index (Phi) is 6.32. The van der Waals surface area contributed by atoms with Crippen LogP contribution in [-0.4, -0.2) is 36.3 Å². The lowest BCUT2D eigenvalue weighted by molar-refractivity contribution is -0.117. The first-order valence-electron chi connectivity index (χ1n) is 6.39. The normalized spacial score (nSPS) is 12.4. The molecule has 1 unspecified atom stereocenters. The highest BCUT2D eigenvalue weighted by molar-refractivity contribution is 5.76. The van der Waals surface area contributed by atoms with E-state index in [0.717, 1.165) is 5.56 Å². The SMILES string of the molecule is CC(C)NCC(O)COc1cccc(CC(N)=O)c1. The molecule has 0 bridgehead atoms. The number of nitrogens with one attached hydrogen (secondary N) is 1. The number of primary amides is 1. The number of carbonyl (C=O) groups is 1. The molecule has 4 N–H and O–H groups in total. The van der Waals surface area contributed by atoms with Gasteiger partial charge in [-0.15, -0.1) is 0 Å². The van der Waals surface area contributed by atoms with Gasteiger partial charge in [-0.05, 0) is 17.7 Å². The zero-order valence-corrected chi connectivity index (χ0v) is 11.4. The molecule has 0 aromatic heterocycles. The van der Waals surface area contributed by atoms with Crippen molar-refractivity contribution < 1.29 is 14.6 Å². The van der Waals surface area contributed by atoms with Crippen LogP contribution >= 0.6 is 0 Å². The largest absolute Gasteiger partial charge is 0.491 e. The van der Waals surface area contributed by atoms with Crippen molar-refractivity contribution in [2.45, 2.75) is 32.4 Å². The number of rotatable bonds is 8. The zero-order valence-electron chi connectivity index (χ0n) is 11.4. The quantitative estimate of drug-likeness (QED) is 0.638. The first-order chi connectivity index (χ1) is 8.97. The second kappa shape index (κ2) is 7.76. The van der Waals surface area contributed by atoms with Crippen LogP contribution in [0.5, 0.6) is 5.75 Å². The number of hydrogen-bond acceptors (Lipinski definition) is 4. The van der Waals surface area contributed by atoms with Gasteiger partial charge < -0.3 is 20.9 Å². The summed E-state index contributed by atoms with van der Waals surface area (Å²) in [4.78, 5) is 10.8. The van der Waals surface area contributed by atoms with Crippen LogP contribution in [0.2, 0.25) is 0 Å². The molecule has 1 amide bonds. The predicted octanol–water partition coefficient (Wildman–Crippen LogP) is 0.452. The Bertz CT molecular complexity index is 407. The summed E-state index contributed by atoms with van der Waals surface area (Å²) in [6.07, 6.45) is -0.378. The van der Waals surface area contributed by atoms with E-state index in [1.807, 2.05) is 19.9 Å². The molecular formula is C14H22N2O3. The zero-order chi connectivity index (χ0) is 14.3. The van der Waals surface area contributed by atoms with Crippen molar-refractivity contribution in [2.24, 2.45) is 5.73 Å². The smallest absolute Gasteiger partial charge is 0.221 e. The van der Waals surface area contributed by atoms with Crippen LogP contribution in [-0.2, 0) is 11.2 Å². The predicted molar refractivity (Wildman–Crippen MR) is 74.0 cm³/mol. The molecule has 1 rings (SSSR count). The summed E-state index contributed by atoms with van der Waals surface area (Å²) >= 11 is 0. The van der Waals surface area contributed by atoms with Gasteiger partial charge in [-0.3, -0.25) is 4.79 Å². The minimum Gasteiger partial charge on any atom is -0.491 e. The van der Waals surface area contributed by atoms with Crippen molar-refractivity contribution in [3.8, 4) is 5.75 Å². The number of carbonyl (C=O) groups excluding carboxylic acids is 1. The number of amides is 1. The lowest BCUT2D eigenvalue weighted by Gasteiger charge is -2.15. The Morgan fingerprint density at radius 3 is 2.84 bits per heavy atom. The van der Waals surface area contributed by atoms with Gasteiger partial charge in [0.15, 0.2) is 0 Å². The first kappa shape index (κ1) is 15.5. The average Bonchev–Trinajstić information content (AvgIpc) is 2.33. The van der Waals surface area contributed by atoms with Gasteiger partial charge in [0, 0.05) is 12.6 Å². The van der Waals surface area contributed by atoms with Gasteiger partial charge in [0.05, 0.1) is 6.42 Å². The van der Waals surface area contributed by atoms with Gasteiger partial charge in [0.1, 0.15) is 18.5 Å². The molecule has 0 spiro atoms. The van der Waals surface area contributed by atoms with Crippen LogP contribution in [0.3, 0.4) is 0 Å². The lowest BCUT2D eigenvalue weighted by Crippen LogP contribution is -2.35. The molecule has 0 saturated heterocycles. The molecule has 0 saturated carbocycles. The second-order valence-corrected chi connectivity index (χ2v) is 4.82. The summed E-state index contributed by atoms with van der Waals surface area (Å²) in [6, 6.07) is 7.48. The number of aliphatic hydroxyl groups excluding tert-OH is 1. The second-order valence-electron chi connectivity index (χ2n) is 4.82. The highest BCUT2D eigenvalue weighted by Gasteiger charge is 2.06. The number of benzene rings is 1. The van der Waals surface area contributed by atoms with Crippen LogP contribution in [0.15, 0.2) is 24.3 Å². The van der Waals surface area contributed by atoms with Gasteiger partial charge in [-0.25, -0.2) is 0 Å². The third-order valence-corrected chi connectivity index (χ3v) is 2.48. The number of ether oxygens (including phenoxy) is 1. The first-order valence-corrected chi connectivity index (χ1v) is 6.39. The van der Waals surface area contributed by atoms with Gasteiger partial charge in [0.2, 0.25) is 5.91 Å². The molecule has 106 valence electrons. The standard InChI is InChI=1S/C14H22N2O3/c1-10(2)16-8-12(17)9-19-13-5-3-4-11(6-13)7-14(15)18/h3-6,10,12,16-17H,7-9H2,1-2H3,(H2,15,18). The monoisotopic (exact) mass is 266 g/mol. The molecule has 5 heteroatoms. The fraction of sp³-hybridized carbons (Fsp3) is 0.500. The van der Waals surface area contributed by atoms with Gasteiger partial charge in [-0.1, -0.05) is 26.0 Å². The van der Waals surface area contributed by atoms with E-state index in [1.165, 1.54) is 0 Å². The van der Waals surface area contributed by atoms with Crippen LogP contribution in [0, 0.1) is 0 Å². The highest BCUT2D eigenvalue weighted by Crippen LogP contribution is 2.13. The van der Waals surface area contributed by atoms with Gasteiger partial charge in [-0.2, -0.15) is 0 Å². The molecule has 0 aliphatic carbocycles. The molecule has 0 aliphatic rings. The Labute approximate surface area is 113 Å². The Balaban J connectivity index is 2.42. The Morgan fingerprint density at radius 1 is 1.47 bits per heavy atom. The fourth-order valence-electron chi connectivity index (χ4n) is 1.57. The van der Waals surface area contributed by atoms with E-state index >= 15 is 0 Å². The van der Waals surface area contributed by atoms with E-state index in [1.54, 1.807) is 18.2 Å². The van der Waals surface area contributed by atoms with Crippen LogP contribution in [0.25, 0.3) is 0 Å². The van der Waals surface area contributed by atoms with Gasteiger partial charge >= 0.3 is 0 Å². The summed E-state index contributed by atoms with van der Waals surface area (Å²) < 4.78 is 5.48. The minimum atomic E-state index is -0.567. The molecule has 1 atom stereocenters. The molecule has 5 nitrogen and oxygen atoms in total. The Morgan fingerprint density at radius 2 is 2.21 bits per heavy atom. The molecule has 0 radical (unpaired) electrons. The molecule has 0 aliphatic heterocycles. The summed E-state index contributed by atoms with van der Waals surface area (Å²) in [5.74, 6) is 0.251. The molecule has 1 aromatic rings. The number of hydrogen-bond donors (Lipinski definition) is 3. The minimum absolute atomic E-state index is 0.189. The van der Waals surface area contributed by atoms with Crippen molar-refractivity contribution >= 4 is 5.91 Å². The number of aliphatic hydroxyl groups is 1. The summed E-state index contributed by atoms with van der Waals surface area (Å²) in [5, 5.41) is 12.8. The lowest BCUT2D eigenvalue weighted by atomic mass is 10.1. The van der Waals surface area contributed by atoms with E-state index in [-0.39, 0.29) is 18.9 Å². The molecule has 0 fully saturated rings. The third-order valence-electron chi connectivity index (χ3n) is 2.48. The fourth-order valence-corrected chi connectivity index (χ4v) is 1.57. The highest BCUT2D eigenvalue weighted by atomic mass is 16.5. The van der Waals surface area contributed by atoms with Crippen molar-refractivity contribution in [1.29, 1.82) is 0 Å². The summed E-state index contributed by atoms with van der Waals surface area (Å²) in [7, 11) is 0. The average molecular weight is 266 g/mol. The summed E-state index contributed by atoms with van der Waals surface area (Å²) in [5.41, 5.74) is 5.94. The van der Waals surface area contributed by atoms with Crippen molar-refractivity contribution in [1.82, 2.24) is 5.32 Å². The maximum absolute atomic E-state index is 10.8. The topological polar surface area (TPSA) is 84.6 Å². The van der Waals surface area contributed by atoms with Gasteiger partial charge in [0.25, 0.3) is 0 Å². The van der Waals surface area contributed by atoms with E-state index in [9.17, 15) is 9.90 Å². The van der Waals surface area contributed by atoms with Crippen LogP contribution < -0.4 is 15.8 Å². The Hall–Kier alpha value is -1.59. The number of nitrogens with two attached hydrogens (primary N) is 1.